The highest BCUT2D eigenvalue weighted by Crippen LogP contribution is 2.52. The highest BCUT2D eigenvalue weighted by atomic mass is 16.4. The van der Waals surface area contributed by atoms with Crippen LogP contribution < -0.4 is 11.1 Å². The minimum Gasteiger partial charge on any atom is -0.409 e. The van der Waals surface area contributed by atoms with Gasteiger partial charge in [0.15, 0.2) is 5.84 Å². The molecule has 0 aromatic heterocycles. The van der Waals surface area contributed by atoms with E-state index in [0.29, 0.717) is 31.2 Å². The van der Waals surface area contributed by atoms with Crippen LogP contribution in [-0.2, 0) is 4.79 Å². The first-order valence-corrected chi connectivity index (χ1v) is 7.12. The molecule has 0 aliphatic heterocycles. The summed E-state index contributed by atoms with van der Waals surface area (Å²) in [5.41, 5.74) is 5.23. The van der Waals surface area contributed by atoms with E-state index in [0.717, 1.165) is 0 Å². The molecule has 108 valence electrons. The van der Waals surface area contributed by atoms with E-state index < -0.39 is 5.41 Å². The molecule has 0 atom stereocenters. The fraction of sp³-hybridized carbons (Fsp3) is 0.857. The topological polar surface area (TPSA) is 87.7 Å². The van der Waals surface area contributed by atoms with E-state index in [2.05, 4.69) is 31.2 Å². The predicted octanol–water partition coefficient (Wildman–Crippen LogP) is 1.70. The van der Waals surface area contributed by atoms with E-state index in [1.54, 1.807) is 0 Å². The molecule has 19 heavy (non-hydrogen) atoms. The summed E-state index contributed by atoms with van der Waals surface area (Å²) < 4.78 is 0. The lowest BCUT2D eigenvalue weighted by Gasteiger charge is -2.44. The van der Waals surface area contributed by atoms with Crippen LogP contribution in [0.4, 0.5) is 0 Å². The number of carbonyl (C=O) groups is 1. The summed E-state index contributed by atoms with van der Waals surface area (Å²) in [6, 6.07) is 0. The SMILES string of the molecule is CC1CC(C(=O)NCC2(C(C)C)CC2)(C(N)=NO)C1. The second kappa shape index (κ2) is 4.69. The molecule has 1 amide bonds. The lowest BCUT2D eigenvalue weighted by atomic mass is 9.61. The molecule has 2 fully saturated rings. The van der Waals surface area contributed by atoms with E-state index in [-0.39, 0.29) is 17.2 Å². The molecule has 2 aliphatic rings. The van der Waals surface area contributed by atoms with E-state index in [4.69, 9.17) is 10.9 Å². The minimum atomic E-state index is -0.777. The van der Waals surface area contributed by atoms with Crippen LogP contribution in [0.15, 0.2) is 5.16 Å². The maximum Gasteiger partial charge on any atom is 0.233 e. The van der Waals surface area contributed by atoms with Gasteiger partial charge >= 0.3 is 0 Å². The summed E-state index contributed by atoms with van der Waals surface area (Å²) in [6.45, 7) is 7.18. The zero-order chi connectivity index (χ0) is 14.3. The van der Waals surface area contributed by atoms with Crippen molar-refractivity contribution >= 4 is 11.7 Å². The Morgan fingerprint density at radius 1 is 1.47 bits per heavy atom. The third-order valence-electron chi connectivity index (χ3n) is 5.14. The van der Waals surface area contributed by atoms with Crippen molar-refractivity contribution < 1.29 is 10.0 Å². The first-order valence-electron chi connectivity index (χ1n) is 7.12. The number of amides is 1. The third kappa shape index (κ3) is 2.30. The molecular weight excluding hydrogens is 242 g/mol. The Bertz CT molecular complexity index is 393. The van der Waals surface area contributed by atoms with Gasteiger partial charge < -0.3 is 16.3 Å². The second-order valence-corrected chi connectivity index (χ2v) is 6.78. The van der Waals surface area contributed by atoms with Crippen LogP contribution in [0.5, 0.6) is 0 Å². The molecule has 0 heterocycles. The molecule has 2 aliphatic carbocycles. The van der Waals surface area contributed by atoms with Gasteiger partial charge in [-0.3, -0.25) is 4.79 Å². The van der Waals surface area contributed by atoms with Crippen LogP contribution in [0.3, 0.4) is 0 Å². The fourth-order valence-corrected chi connectivity index (χ4v) is 3.28. The smallest absolute Gasteiger partial charge is 0.233 e. The molecule has 0 aromatic carbocycles. The third-order valence-corrected chi connectivity index (χ3v) is 5.14. The predicted molar refractivity (Wildman–Crippen MR) is 73.8 cm³/mol. The second-order valence-electron chi connectivity index (χ2n) is 6.78. The summed E-state index contributed by atoms with van der Waals surface area (Å²) in [5.74, 6) is 1.00. The van der Waals surface area contributed by atoms with Crippen LogP contribution in [0, 0.1) is 22.7 Å². The minimum absolute atomic E-state index is 0.0532. The number of rotatable bonds is 5. The summed E-state index contributed by atoms with van der Waals surface area (Å²) in [7, 11) is 0. The Morgan fingerprint density at radius 3 is 2.42 bits per heavy atom. The molecule has 0 aromatic rings. The zero-order valence-corrected chi connectivity index (χ0v) is 12.1. The monoisotopic (exact) mass is 267 g/mol. The van der Waals surface area contributed by atoms with Gasteiger partial charge in [-0.05, 0) is 42.9 Å². The molecule has 5 nitrogen and oxygen atoms in total. The first kappa shape index (κ1) is 14.2. The molecule has 0 radical (unpaired) electrons. The van der Waals surface area contributed by atoms with Crippen LogP contribution in [0.2, 0.25) is 0 Å². The average Bonchev–Trinajstić information content (AvgIpc) is 3.12. The molecule has 2 rings (SSSR count). The fourth-order valence-electron chi connectivity index (χ4n) is 3.28. The Balaban J connectivity index is 1.98. The standard InChI is InChI=1S/C14H25N3O2/c1-9(2)13(4-5-13)8-16-12(18)14(11(15)17-19)6-10(3)7-14/h9-10,19H,4-8H2,1-3H3,(H2,15,17)(H,16,18). The molecule has 5 heteroatoms. The molecule has 0 spiro atoms. The highest BCUT2D eigenvalue weighted by molar-refractivity contribution is 6.07. The van der Waals surface area contributed by atoms with E-state index in [1.165, 1.54) is 12.8 Å². The van der Waals surface area contributed by atoms with E-state index in [9.17, 15) is 4.79 Å². The lowest BCUT2D eigenvalue weighted by Crippen LogP contribution is -2.57. The van der Waals surface area contributed by atoms with E-state index in [1.807, 2.05) is 0 Å². The molecule has 4 N–H and O–H groups in total. The quantitative estimate of drug-likeness (QED) is 0.306. The summed E-state index contributed by atoms with van der Waals surface area (Å²) in [6.07, 6.45) is 3.70. The van der Waals surface area contributed by atoms with Crippen molar-refractivity contribution in [2.75, 3.05) is 6.54 Å². The number of carbonyl (C=O) groups excluding carboxylic acids is 1. The van der Waals surface area contributed by atoms with Crippen LogP contribution >= 0.6 is 0 Å². The summed E-state index contributed by atoms with van der Waals surface area (Å²) >= 11 is 0. The van der Waals surface area contributed by atoms with Crippen LogP contribution in [0.1, 0.15) is 46.5 Å². The van der Waals surface area contributed by atoms with Gasteiger partial charge in [-0.2, -0.15) is 0 Å². The number of nitrogens with two attached hydrogens (primary N) is 1. The van der Waals surface area contributed by atoms with Crippen molar-refractivity contribution in [1.29, 1.82) is 0 Å². The van der Waals surface area contributed by atoms with Crippen molar-refractivity contribution in [2.45, 2.75) is 46.5 Å². The molecule has 0 saturated heterocycles. The Kier molecular flexibility index (Phi) is 3.49. The van der Waals surface area contributed by atoms with Crippen molar-refractivity contribution in [1.82, 2.24) is 5.32 Å². The maximum absolute atomic E-state index is 12.4. The van der Waals surface area contributed by atoms with Gasteiger partial charge in [0.25, 0.3) is 0 Å². The molecule has 0 bridgehead atoms. The number of nitrogens with one attached hydrogen (secondary N) is 1. The number of hydrogen-bond acceptors (Lipinski definition) is 3. The van der Waals surface area contributed by atoms with Crippen molar-refractivity contribution in [3.05, 3.63) is 0 Å². The Morgan fingerprint density at radius 2 is 2.05 bits per heavy atom. The van der Waals surface area contributed by atoms with Gasteiger partial charge in [0.05, 0.1) is 0 Å². The maximum atomic E-state index is 12.4. The normalized spacial score (nSPS) is 32.8. The van der Waals surface area contributed by atoms with Gasteiger partial charge in [0.2, 0.25) is 5.91 Å². The van der Waals surface area contributed by atoms with Gasteiger partial charge in [0, 0.05) is 6.54 Å². The Labute approximate surface area is 114 Å². The summed E-state index contributed by atoms with van der Waals surface area (Å²) in [4.78, 5) is 12.4. The molecule has 2 saturated carbocycles. The van der Waals surface area contributed by atoms with E-state index >= 15 is 0 Å². The first-order chi connectivity index (χ1) is 8.86. The van der Waals surface area contributed by atoms with Gasteiger partial charge in [-0.25, -0.2) is 0 Å². The number of hydrogen-bond donors (Lipinski definition) is 3. The van der Waals surface area contributed by atoms with Crippen molar-refractivity contribution in [2.24, 2.45) is 33.6 Å². The van der Waals surface area contributed by atoms with Crippen molar-refractivity contribution in [3.8, 4) is 0 Å². The molecule has 0 unspecified atom stereocenters. The van der Waals surface area contributed by atoms with Crippen LogP contribution in [-0.4, -0.2) is 23.5 Å². The lowest BCUT2D eigenvalue weighted by molar-refractivity contribution is -0.133. The largest absolute Gasteiger partial charge is 0.409 e. The highest BCUT2D eigenvalue weighted by Gasteiger charge is 2.53. The van der Waals surface area contributed by atoms with Gasteiger partial charge in [0.1, 0.15) is 5.41 Å². The number of nitrogens with zero attached hydrogens (tertiary/aromatic N) is 1. The number of oxime groups is 1. The average molecular weight is 267 g/mol. The molecular formula is C14H25N3O2. The zero-order valence-electron chi connectivity index (χ0n) is 12.1. The Hall–Kier alpha value is -1.26. The number of amidine groups is 1. The summed E-state index contributed by atoms with van der Waals surface area (Å²) in [5, 5.41) is 15.0. The van der Waals surface area contributed by atoms with Crippen molar-refractivity contribution in [3.63, 3.8) is 0 Å². The van der Waals surface area contributed by atoms with Gasteiger partial charge in [-0.1, -0.05) is 25.9 Å². The van der Waals surface area contributed by atoms with Crippen LogP contribution in [0.25, 0.3) is 0 Å². The van der Waals surface area contributed by atoms with Gasteiger partial charge in [-0.15, -0.1) is 0 Å².